The molecule has 0 N–H and O–H groups in total. The smallest absolute Gasteiger partial charge is 0.00849 e. The standard InChI is InChI=1S/C27H46/c1-18(2)8-7-9-20(4)23-12-13-24-22-11-10-21-16-19(3)14-15-26(21,5)25(22)17-27(23,24)6/h10,18-20,22-25H,7-9,11-17H2,1-6H3. The molecule has 4 rings (SSSR count). The Bertz CT molecular complexity index is 571. The zero-order valence-electron chi connectivity index (χ0n) is 19.2. The summed E-state index contributed by atoms with van der Waals surface area (Å²) in [5.74, 6) is 6.74. The van der Waals surface area contributed by atoms with Crippen molar-refractivity contribution in [3.05, 3.63) is 11.6 Å². The molecule has 4 aliphatic carbocycles. The number of hydrogen-bond acceptors (Lipinski definition) is 0. The number of fused-ring (bicyclic) bond motifs is 5. The second kappa shape index (κ2) is 7.21. The molecule has 27 heavy (non-hydrogen) atoms. The Morgan fingerprint density at radius 1 is 1.04 bits per heavy atom. The van der Waals surface area contributed by atoms with Crippen molar-refractivity contribution in [3.63, 3.8) is 0 Å². The van der Waals surface area contributed by atoms with E-state index in [0.29, 0.717) is 10.8 Å². The molecule has 0 radical (unpaired) electrons. The van der Waals surface area contributed by atoms with Crippen molar-refractivity contribution < 1.29 is 0 Å². The fourth-order valence-electron chi connectivity index (χ4n) is 8.65. The number of rotatable bonds is 5. The Labute approximate surface area is 170 Å². The summed E-state index contributed by atoms with van der Waals surface area (Å²) in [6, 6.07) is 0. The van der Waals surface area contributed by atoms with E-state index in [2.05, 4.69) is 47.6 Å². The van der Waals surface area contributed by atoms with Gasteiger partial charge in [0, 0.05) is 0 Å². The van der Waals surface area contributed by atoms with Crippen LogP contribution < -0.4 is 0 Å². The first kappa shape index (κ1) is 20.0. The molecule has 0 aliphatic heterocycles. The van der Waals surface area contributed by atoms with Crippen LogP contribution in [0.25, 0.3) is 0 Å². The van der Waals surface area contributed by atoms with E-state index in [1.165, 1.54) is 57.8 Å². The van der Waals surface area contributed by atoms with Crippen LogP contribution in [0.2, 0.25) is 0 Å². The first-order chi connectivity index (χ1) is 12.8. The maximum absolute atomic E-state index is 2.74. The third-order valence-electron chi connectivity index (χ3n) is 10.2. The zero-order valence-corrected chi connectivity index (χ0v) is 19.2. The van der Waals surface area contributed by atoms with Crippen molar-refractivity contribution in [3.8, 4) is 0 Å². The molecule has 8 atom stereocenters. The molecule has 0 bridgehead atoms. The Kier molecular flexibility index (Phi) is 5.35. The lowest BCUT2D eigenvalue weighted by Gasteiger charge is -2.49. The summed E-state index contributed by atoms with van der Waals surface area (Å²) >= 11 is 0. The third-order valence-corrected chi connectivity index (χ3v) is 10.2. The third kappa shape index (κ3) is 3.26. The lowest BCUT2D eigenvalue weighted by molar-refractivity contribution is 0.0939. The molecule has 3 fully saturated rings. The van der Waals surface area contributed by atoms with Gasteiger partial charge in [-0.15, -0.1) is 0 Å². The van der Waals surface area contributed by atoms with Gasteiger partial charge in [-0.3, -0.25) is 0 Å². The Hall–Kier alpha value is -0.260. The maximum Gasteiger partial charge on any atom is -0.00849 e. The molecule has 0 heteroatoms. The zero-order chi connectivity index (χ0) is 19.4. The summed E-state index contributed by atoms with van der Waals surface area (Å²) < 4.78 is 0. The van der Waals surface area contributed by atoms with Crippen LogP contribution in [0.15, 0.2) is 11.6 Å². The van der Waals surface area contributed by atoms with E-state index in [4.69, 9.17) is 0 Å². The highest BCUT2D eigenvalue weighted by atomic mass is 14.7. The van der Waals surface area contributed by atoms with Crippen LogP contribution in [-0.4, -0.2) is 0 Å². The van der Waals surface area contributed by atoms with Crippen molar-refractivity contribution in [2.45, 2.75) is 106 Å². The molecule has 0 saturated heterocycles. The summed E-state index contributed by atoms with van der Waals surface area (Å²) in [6.45, 7) is 15.3. The minimum atomic E-state index is 0.550. The Morgan fingerprint density at radius 2 is 1.81 bits per heavy atom. The minimum absolute atomic E-state index is 0.550. The van der Waals surface area contributed by atoms with E-state index in [1.54, 1.807) is 6.42 Å². The number of hydrogen-bond donors (Lipinski definition) is 0. The normalized spacial score (nSPS) is 47.4. The molecule has 0 aromatic carbocycles. The summed E-state index contributed by atoms with van der Waals surface area (Å²) in [5.41, 5.74) is 3.06. The van der Waals surface area contributed by atoms with E-state index in [-0.39, 0.29) is 0 Å². The molecular formula is C27H46. The molecule has 0 spiro atoms. The van der Waals surface area contributed by atoms with Gasteiger partial charge in [-0.05, 0) is 97.2 Å². The van der Waals surface area contributed by atoms with Gasteiger partial charge >= 0.3 is 0 Å². The molecule has 3 saturated carbocycles. The van der Waals surface area contributed by atoms with Crippen molar-refractivity contribution in [1.82, 2.24) is 0 Å². The highest BCUT2D eigenvalue weighted by Gasteiger charge is 2.62. The predicted molar refractivity (Wildman–Crippen MR) is 118 cm³/mol. The molecule has 0 aromatic rings. The topological polar surface area (TPSA) is 0 Å². The van der Waals surface area contributed by atoms with Crippen molar-refractivity contribution in [2.24, 2.45) is 52.3 Å². The Morgan fingerprint density at radius 3 is 2.56 bits per heavy atom. The second-order valence-corrected chi connectivity index (χ2v) is 12.3. The lowest BCUT2D eigenvalue weighted by atomic mass is 9.55. The summed E-state index contributed by atoms with van der Waals surface area (Å²) in [6.07, 6.45) is 17.4. The molecule has 0 amide bonds. The molecule has 0 aromatic heterocycles. The molecule has 154 valence electrons. The van der Waals surface area contributed by atoms with E-state index in [1.807, 2.05) is 5.57 Å². The summed E-state index contributed by atoms with van der Waals surface area (Å²) in [7, 11) is 0. The monoisotopic (exact) mass is 370 g/mol. The van der Waals surface area contributed by atoms with E-state index in [0.717, 1.165) is 41.4 Å². The van der Waals surface area contributed by atoms with Crippen LogP contribution in [0.5, 0.6) is 0 Å². The van der Waals surface area contributed by atoms with Gasteiger partial charge < -0.3 is 0 Å². The van der Waals surface area contributed by atoms with Crippen LogP contribution >= 0.6 is 0 Å². The molecule has 4 aliphatic rings. The second-order valence-electron chi connectivity index (χ2n) is 12.3. The first-order valence-corrected chi connectivity index (χ1v) is 12.4. The molecule has 0 heterocycles. The van der Waals surface area contributed by atoms with Crippen molar-refractivity contribution in [2.75, 3.05) is 0 Å². The van der Waals surface area contributed by atoms with Gasteiger partial charge in [0.2, 0.25) is 0 Å². The van der Waals surface area contributed by atoms with Gasteiger partial charge in [-0.1, -0.05) is 72.5 Å². The quantitative estimate of drug-likeness (QED) is 0.427. The van der Waals surface area contributed by atoms with Gasteiger partial charge in [-0.2, -0.15) is 0 Å². The van der Waals surface area contributed by atoms with Gasteiger partial charge in [0.15, 0.2) is 0 Å². The van der Waals surface area contributed by atoms with Crippen LogP contribution in [-0.2, 0) is 0 Å². The SMILES string of the molecule is CC(C)CCCC(C)C1CCC2C3CC=C4CC(C)CCC4(C)C3CC12C. The average Bonchev–Trinajstić information content (AvgIpc) is 3.07. The summed E-state index contributed by atoms with van der Waals surface area (Å²) in [5, 5.41) is 0. The van der Waals surface area contributed by atoms with E-state index < -0.39 is 0 Å². The van der Waals surface area contributed by atoms with Crippen molar-refractivity contribution in [1.29, 1.82) is 0 Å². The van der Waals surface area contributed by atoms with Crippen LogP contribution in [0.3, 0.4) is 0 Å². The van der Waals surface area contributed by atoms with Crippen LogP contribution in [0.4, 0.5) is 0 Å². The van der Waals surface area contributed by atoms with E-state index >= 15 is 0 Å². The van der Waals surface area contributed by atoms with Gasteiger partial charge in [0.25, 0.3) is 0 Å². The van der Waals surface area contributed by atoms with Crippen LogP contribution in [0, 0.1) is 52.3 Å². The fraction of sp³-hybridized carbons (Fsp3) is 0.926. The van der Waals surface area contributed by atoms with Gasteiger partial charge in [0.05, 0.1) is 0 Å². The average molecular weight is 371 g/mol. The highest BCUT2D eigenvalue weighted by molar-refractivity contribution is 5.26. The van der Waals surface area contributed by atoms with E-state index in [9.17, 15) is 0 Å². The summed E-state index contributed by atoms with van der Waals surface area (Å²) in [4.78, 5) is 0. The molecule has 8 unspecified atom stereocenters. The first-order valence-electron chi connectivity index (χ1n) is 12.4. The maximum atomic E-state index is 2.74. The Balaban J connectivity index is 1.50. The lowest BCUT2D eigenvalue weighted by Crippen LogP contribution is -2.39. The fourth-order valence-corrected chi connectivity index (χ4v) is 8.65. The van der Waals surface area contributed by atoms with Gasteiger partial charge in [0.1, 0.15) is 0 Å². The molecule has 0 nitrogen and oxygen atoms in total. The predicted octanol–water partition coefficient (Wildman–Crippen LogP) is 8.27. The highest BCUT2D eigenvalue weighted by Crippen LogP contribution is 2.70. The van der Waals surface area contributed by atoms with Crippen LogP contribution in [0.1, 0.15) is 106 Å². The van der Waals surface area contributed by atoms with Gasteiger partial charge in [-0.25, -0.2) is 0 Å². The molecular weight excluding hydrogens is 324 g/mol. The number of allylic oxidation sites excluding steroid dienone is 2. The minimum Gasteiger partial charge on any atom is -0.0845 e. The largest absolute Gasteiger partial charge is 0.0845 e. The van der Waals surface area contributed by atoms with Crippen molar-refractivity contribution >= 4 is 0 Å².